The summed E-state index contributed by atoms with van der Waals surface area (Å²) in [5.74, 6) is 0.747. The molecule has 1 N–H and O–H groups in total. The van der Waals surface area contributed by atoms with Crippen molar-refractivity contribution in [1.29, 1.82) is 0 Å². The molecule has 6 heteroatoms. The van der Waals surface area contributed by atoms with Gasteiger partial charge in [0, 0.05) is 5.56 Å². The number of ether oxygens (including phenoxy) is 1. The quantitative estimate of drug-likeness (QED) is 0.730. The first-order valence-corrected chi connectivity index (χ1v) is 5.35. The minimum absolute atomic E-state index is 0.311. The number of rotatable bonds is 2. The Morgan fingerprint density at radius 2 is 2.28 bits per heavy atom. The molecular weight excluding hydrogens is 232 g/mol. The zero-order chi connectivity index (χ0) is 12.5. The highest BCUT2D eigenvalue weighted by molar-refractivity contribution is 5.77. The van der Waals surface area contributed by atoms with Crippen LogP contribution in [0, 0.1) is 0 Å². The molecule has 90 valence electrons. The van der Waals surface area contributed by atoms with Crippen LogP contribution in [0.3, 0.4) is 0 Å². The Bertz CT molecular complexity index is 760. The summed E-state index contributed by atoms with van der Waals surface area (Å²) in [4.78, 5) is 18.1. The first kappa shape index (κ1) is 10.5. The van der Waals surface area contributed by atoms with Crippen molar-refractivity contribution >= 4 is 5.65 Å². The first-order chi connectivity index (χ1) is 8.79. The van der Waals surface area contributed by atoms with E-state index in [-0.39, 0.29) is 5.69 Å². The van der Waals surface area contributed by atoms with E-state index in [1.54, 1.807) is 13.3 Å². The van der Waals surface area contributed by atoms with Gasteiger partial charge in [-0.2, -0.15) is 9.61 Å². The molecule has 3 aromatic rings. The third-order valence-electron chi connectivity index (χ3n) is 2.69. The minimum atomic E-state index is -0.311. The van der Waals surface area contributed by atoms with Crippen LogP contribution in [0.1, 0.15) is 0 Å². The Morgan fingerprint density at radius 3 is 3.11 bits per heavy atom. The standard InChI is InChI=1S/C12H10N4O2/c1-18-9-4-2-3-8(5-9)10-6-15-16-11(10)13-7-14-12(16)17/h2-7H,1H3,(H,13,14,17). The number of hydrogen-bond acceptors (Lipinski definition) is 4. The Balaban J connectivity index is 2.25. The van der Waals surface area contributed by atoms with Crippen molar-refractivity contribution in [1.82, 2.24) is 19.6 Å². The van der Waals surface area contributed by atoms with Gasteiger partial charge in [0.05, 0.1) is 19.6 Å². The molecule has 2 heterocycles. The van der Waals surface area contributed by atoms with Gasteiger partial charge in [0.25, 0.3) is 0 Å². The van der Waals surface area contributed by atoms with Crippen LogP contribution < -0.4 is 10.4 Å². The number of benzene rings is 1. The van der Waals surface area contributed by atoms with Crippen LogP contribution in [-0.2, 0) is 0 Å². The van der Waals surface area contributed by atoms with Gasteiger partial charge < -0.3 is 4.74 Å². The predicted octanol–water partition coefficient (Wildman–Crippen LogP) is 1.09. The molecule has 0 spiro atoms. The summed E-state index contributed by atoms with van der Waals surface area (Å²) in [6.45, 7) is 0. The molecule has 0 atom stereocenters. The Kier molecular flexibility index (Phi) is 2.33. The molecule has 0 radical (unpaired) electrons. The lowest BCUT2D eigenvalue weighted by Gasteiger charge is -2.02. The molecule has 0 aliphatic rings. The highest BCUT2D eigenvalue weighted by atomic mass is 16.5. The predicted molar refractivity (Wildman–Crippen MR) is 65.6 cm³/mol. The topological polar surface area (TPSA) is 72.3 Å². The molecule has 0 unspecified atom stereocenters. The van der Waals surface area contributed by atoms with Crippen molar-refractivity contribution in [2.45, 2.75) is 0 Å². The zero-order valence-corrected chi connectivity index (χ0v) is 9.62. The molecule has 0 saturated carbocycles. The van der Waals surface area contributed by atoms with Crippen molar-refractivity contribution in [2.24, 2.45) is 0 Å². The van der Waals surface area contributed by atoms with Crippen LogP contribution >= 0.6 is 0 Å². The molecule has 0 aliphatic carbocycles. The Labute approximate surface area is 102 Å². The van der Waals surface area contributed by atoms with Crippen LogP contribution in [0.4, 0.5) is 0 Å². The van der Waals surface area contributed by atoms with Gasteiger partial charge in [0.2, 0.25) is 0 Å². The van der Waals surface area contributed by atoms with E-state index < -0.39 is 0 Å². The summed E-state index contributed by atoms with van der Waals surface area (Å²) in [6, 6.07) is 7.53. The molecule has 1 aromatic carbocycles. The maximum Gasteiger partial charge on any atom is 0.349 e. The van der Waals surface area contributed by atoms with E-state index in [4.69, 9.17) is 4.74 Å². The third kappa shape index (κ3) is 1.55. The lowest BCUT2D eigenvalue weighted by atomic mass is 10.1. The Hall–Kier alpha value is -2.63. The summed E-state index contributed by atoms with van der Waals surface area (Å²) < 4.78 is 6.40. The minimum Gasteiger partial charge on any atom is -0.497 e. The second-order valence-electron chi connectivity index (χ2n) is 3.73. The fourth-order valence-corrected chi connectivity index (χ4v) is 1.82. The average Bonchev–Trinajstić information content (AvgIpc) is 2.84. The van der Waals surface area contributed by atoms with Gasteiger partial charge in [-0.25, -0.2) is 9.78 Å². The number of methoxy groups -OCH3 is 1. The molecular formula is C12H10N4O2. The van der Waals surface area contributed by atoms with Gasteiger partial charge in [-0.05, 0) is 17.7 Å². The number of aromatic amines is 1. The van der Waals surface area contributed by atoms with Crippen LogP contribution in [-0.4, -0.2) is 26.7 Å². The van der Waals surface area contributed by atoms with E-state index in [0.29, 0.717) is 5.65 Å². The molecule has 3 rings (SSSR count). The summed E-state index contributed by atoms with van der Waals surface area (Å²) in [5, 5.41) is 4.02. The number of fused-ring (bicyclic) bond motifs is 1. The summed E-state index contributed by atoms with van der Waals surface area (Å²) in [6.07, 6.45) is 2.98. The molecule has 0 amide bonds. The molecule has 0 saturated heterocycles. The number of nitrogens with one attached hydrogen (secondary N) is 1. The van der Waals surface area contributed by atoms with Gasteiger partial charge >= 0.3 is 5.69 Å². The van der Waals surface area contributed by atoms with Crippen molar-refractivity contribution in [3.05, 3.63) is 47.3 Å². The van der Waals surface area contributed by atoms with E-state index in [9.17, 15) is 4.79 Å². The SMILES string of the molecule is COc1cccc(-c2cnn3c(=O)[nH]cnc23)c1. The third-order valence-corrected chi connectivity index (χ3v) is 2.69. The smallest absolute Gasteiger partial charge is 0.349 e. The fraction of sp³-hybridized carbons (Fsp3) is 0.0833. The second-order valence-corrected chi connectivity index (χ2v) is 3.73. The van der Waals surface area contributed by atoms with E-state index in [1.807, 2.05) is 24.3 Å². The maximum absolute atomic E-state index is 11.5. The van der Waals surface area contributed by atoms with E-state index >= 15 is 0 Å². The number of hydrogen-bond donors (Lipinski definition) is 1. The molecule has 2 aromatic heterocycles. The first-order valence-electron chi connectivity index (χ1n) is 5.35. The lowest BCUT2D eigenvalue weighted by molar-refractivity contribution is 0.415. The fourth-order valence-electron chi connectivity index (χ4n) is 1.82. The Morgan fingerprint density at radius 1 is 1.39 bits per heavy atom. The highest BCUT2D eigenvalue weighted by Crippen LogP contribution is 2.25. The van der Waals surface area contributed by atoms with E-state index in [0.717, 1.165) is 16.9 Å². The summed E-state index contributed by atoms with van der Waals surface area (Å²) >= 11 is 0. The van der Waals surface area contributed by atoms with Crippen LogP contribution in [0.2, 0.25) is 0 Å². The molecule has 6 nitrogen and oxygen atoms in total. The van der Waals surface area contributed by atoms with Gasteiger partial charge in [0.1, 0.15) is 5.75 Å². The lowest BCUT2D eigenvalue weighted by Crippen LogP contribution is -2.17. The van der Waals surface area contributed by atoms with Crippen molar-refractivity contribution in [2.75, 3.05) is 7.11 Å². The second kappa shape index (κ2) is 3.99. The van der Waals surface area contributed by atoms with Crippen LogP contribution in [0.5, 0.6) is 5.75 Å². The van der Waals surface area contributed by atoms with Crippen LogP contribution in [0.15, 0.2) is 41.6 Å². The van der Waals surface area contributed by atoms with Gasteiger partial charge in [0.15, 0.2) is 5.65 Å². The normalized spacial score (nSPS) is 10.7. The summed E-state index contributed by atoms with van der Waals surface area (Å²) in [5.41, 5.74) is 1.91. The van der Waals surface area contributed by atoms with Gasteiger partial charge in [-0.1, -0.05) is 12.1 Å². The monoisotopic (exact) mass is 242 g/mol. The average molecular weight is 242 g/mol. The molecule has 0 fully saturated rings. The largest absolute Gasteiger partial charge is 0.497 e. The van der Waals surface area contributed by atoms with E-state index in [2.05, 4.69) is 15.1 Å². The molecule has 0 aliphatic heterocycles. The number of aromatic nitrogens is 4. The highest BCUT2D eigenvalue weighted by Gasteiger charge is 2.09. The van der Waals surface area contributed by atoms with Gasteiger partial charge in [-0.15, -0.1) is 0 Å². The maximum atomic E-state index is 11.5. The number of nitrogens with zero attached hydrogens (tertiary/aromatic N) is 3. The van der Waals surface area contributed by atoms with Crippen molar-refractivity contribution < 1.29 is 4.74 Å². The summed E-state index contributed by atoms with van der Waals surface area (Å²) in [7, 11) is 1.61. The zero-order valence-electron chi connectivity index (χ0n) is 9.62. The molecule has 0 bridgehead atoms. The van der Waals surface area contributed by atoms with Crippen molar-refractivity contribution in [3.8, 4) is 16.9 Å². The van der Waals surface area contributed by atoms with Crippen molar-refractivity contribution in [3.63, 3.8) is 0 Å². The van der Waals surface area contributed by atoms with Gasteiger partial charge in [-0.3, -0.25) is 4.98 Å². The molecule has 18 heavy (non-hydrogen) atoms. The number of H-pyrrole nitrogens is 1. The van der Waals surface area contributed by atoms with Crippen LogP contribution in [0.25, 0.3) is 16.8 Å². The van der Waals surface area contributed by atoms with E-state index in [1.165, 1.54) is 10.8 Å².